The van der Waals surface area contributed by atoms with E-state index in [2.05, 4.69) is 22.6 Å². The van der Waals surface area contributed by atoms with Crippen molar-refractivity contribution < 1.29 is 9.53 Å². The van der Waals surface area contributed by atoms with Gasteiger partial charge in [0, 0.05) is 23.2 Å². The van der Waals surface area contributed by atoms with E-state index >= 15 is 0 Å². The highest BCUT2D eigenvalue weighted by Crippen LogP contribution is 2.29. The minimum atomic E-state index is -0.0857. The lowest BCUT2D eigenvalue weighted by Gasteiger charge is -2.13. The third-order valence-corrected chi connectivity index (χ3v) is 3.36. The second-order valence-electron chi connectivity index (χ2n) is 4.51. The van der Waals surface area contributed by atoms with Crippen molar-refractivity contribution >= 4 is 34.2 Å². The molecule has 0 aromatic heterocycles. The molecule has 5 heteroatoms. The highest BCUT2D eigenvalue weighted by atomic mass is 127. The predicted molar refractivity (Wildman–Crippen MR) is 88.1 cm³/mol. The molecule has 0 saturated heterocycles. The predicted octanol–water partition coefficient (Wildman–Crippen LogP) is 3.37. The molecule has 2 rings (SSSR count). The van der Waals surface area contributed by atoms with E-state index in [1.165, 1.54) is 4.90 Å². The van der Waals surface area contributed by atoms with E-state index in [9.17, 15) is 4.79 Å². The fraction of sp³-hybridized carbons (Fsp3) is 0.133. The summed E-state index contributed by atoms with van der Waals surface area (Å²) in [7, 11) is 3.41. The summed E-state index contributed by atoms with van der Waals surface area (Å²) in [5.41, 5.74) is 6.95. The lowest BCUT2D eigenvalue weighted by Crippen LogP contribution is -2.21. The molecule has 104 valence electrons. The molecule has 0 atom stereocenters. The van der Waals surface area contributed by atoms with E-state index in [1.807, 2.05) is 24.3 Å². The fourth-order valence-electron chi connectivity index (χ4n) is 1.67. The number of hydrogen-bond donors (Lipinski definition) is 1. The molecule has 20 heavy (non-hydrogen) atoms. The maximum Gasteiger partial charge on any atom is 0.253 e. The molecule has 2 N–H and O–H groups in total. The van der Waals surface area contributed by atoms with Gasteiger partial charge in [0.05, 0.1) is 5.69 Å². The van der Waals surface area contributed by atoms with Crippen molar-refractivity contribution in [3.8, 4) is 11.5 Å². The quantitative estimate of drug-likeness (QED) is 0.654. The van der Waals surface area contributed by atoms with Gasteiger partial charge >= 0.3 is 0 Å². The molecule has 0 aliphatic carbocycles. The number of rotatable bonds is 3. The number of nitrogens with zero attached hydrogens (tertiary/aromatic N) is 1. The standard InChI is InChI=1S/C15H15IN2O2/c1-18(2)15(19)10-6-7-13(17)14(8-10)20-12-5-3-4-11(16)9-12/h3-9H,17H2,1-2H3. The van der Waals surface area contributed by atoms with Gasteiger partial charge < -0.3 is 15.4 Å². The SMILES string of the molecule is CN(C)C(=O)c1ccc(N)c(Oc2cccc(I)c2)c1. The van der Waals surface area contributed by atoms with Crippen LogP contribution in [-0.2, 0) is 0 Å². The minimum Gasteiger partial charge on any atom is -0.455 e. The van der Waals surface area contributed by atoms with Gasteiger partial charge in [-0.1, -0.05) is 6.07 Å². The molecule has 0 aliphatic heterocycles. The molecular weight excluding hydrogens is 367 g/mol. The summed E-state index contributed by atoms with van der Waals surface area (Å²) in [5.74, 6) is 1.09. The Hall–Kier alpha value is -1.76. The zero-order chi connectivity index (χ0) is 14.7. The second kappa shape index (κ2) is 6.13. The largest absolute Gasteiger partial charge is 0.455 e. The summed E-state index contributed by atoms with van der Waals surface area (Å²) >= 11 is 2.21. The third-order valence-electron chi connectivity index (χ3n) is 2.69. The van der Waals surface area contributed by atoms with Gasteiger partial charge in [0.1, 0.15) is 5.75 Å². The Morgan fingerprint density at radius 1 is 1.20 bits per heavy atom. The Bertz CT molecular complexity index is 642. The van der Waals surface area contributed by atoms with Gasteiger partial charge in [-0.05, 0) is 59.0 Å². The Labute approximate surface area is 131 Å². The van der Waals surface area contributed by atoms with E-state index in [0.29, 0.717) is 22.7 Å². The fourth-order valence-corrected chi connectivity index (χ4v) is 2.19. The Morgan fingerprint density at radius 3 is 2.60 bits per heavy atom. The number of ether oxygens (including phenoxy) is 1. The van der Waals surface area contributed by atoms with Gasteiger partial charge in [-0.3, -0.25) is 4.79 Å². The van der Waals surface area contributed by atoms with Crippen LogP contribution in [0.2, 0.25) is 0 Å². The van der Waals surface area contributed by atoms with Crippen molar-refractivity contribution in [2.75, 3.05) is 19.8 Å². The van der Waals surface area contributed by atoms with Gasteiger partial charge in [0.2, 0.25) is 0 Å². The van der Waals surface area contributed by atoms with Crippen molar-refractivity contribution in [3.05, 3.63) is 51.6 Å². The number of nitrogens with two attached hydrogens (primary N) is 1. The van der Waals surface area contributed by atoms with E-state index in [0.717, 1.165) is 3.57 Å². The maximum atomic E-state index is 11.9. The van der Waals surface area contributed by atoms with Crippen LogP contribution in [0.1, 0.15) is 10.4 Å². The molecule has 0 aliphatic rings. The van der Waals surface area contributed by atoms with Crippen LogP contribution in [0, 0.1) is 3.57 Å². The molecule has 2 aromatic rings. The third kappa shape index (κ3) is 3.41. The van der Waals surface area contributed by atoms with E-state index in [4.69, 9.17) is 10.5 Å². The maximum absolute atomic E-state index is 11.9. The number of anilines is 1. The number of nitrogen functional groups attached to an aromatic ring is 1. The van der Waals surface area contributed by atoms with Crippen LogP contribution in [0.3, 0.4) is 0 Å². The monoisotopic (exact) mass is 382 g/mol. The molecule has 0 bridgehead atoms. The molecule has 0 heterocycles. The summed E-state index contributed by atoms with van der Waals surface area (Å²) in [6.07, 6.45) is 0. The molecule has 0 saturated carbocycles. The molecule has 0 spiro atoms. The van der Waals surface area contributed by atoms with Crippen LogP contribution in [0.15, 0.2) is 42.5 Å². The summed E-state index contributed by atoms with van der Waals surface area (Å²) in [4.78, 5) is 13.5. The molecule has 0 radical (unpaired) electrons. The highest BCUT2D eigenvalue weighted by Gasteiger charge is 2.11. The molecular formula is C15H15IN2O2. The summed E-state index contributed by atoms with van der Waals surface area (Å²) in [6.45, 7) is 0. The first kappa shape index (κ1) is 14.6. The van der Waals surface area contributed by atoms with Crippen LogP contribution in [0.25, 0.3) is 0 Å². The van der Waals surface area contributed by atoms with Crippen molar-refractivity contribution in [1.82, 2.24) is 4.90 Å². The van der Waals surface area contributed by atoms with Crippen molar-refractivity contribution in [3.63, 3.8) is 0 Å². The lowest BCUT2D eigenvalue weighted by atomic mass is 10.1. The zero-order valence-corrected chi connectivity index (χ0v) is 13.4. The molecule has 0 unspecified atom stereocenters. The number of carbonyl (C=O) groups is 1. The zero-order valence-electron chi connectivity index (χ0n) is 11.3. The molecule has 4 nitrogen and oxygen atoms in total. The average Bonchev–Trinajstić information content (AvgIpc) is 2.40. The minimum absolute atomic E-state index is 0.0857. The van der Waals surface area contributed by atoms with Crippen molar-refractivity contribution in [2.45, 2.75) is 0 Å². The first-order chi connectivity index (χ1) is 9.47. The number of halogens is 1. The Balaban J connectivity index is 2.32. The average molecular weight is 382 g/mol. The summed E-state index contributed by atoms with van der Waals surface area (Å²) in [5, 5.41) is 0. The summed E-state index contributed by atoms with van der Waals surface area (Å²) in [6, 6.07) is 12.7. The van der Waals surface area contributed by atoms with Crippen LogP contribution in [0.5, 0.6) is 11.5 Å². The number of carbonyl (C=O) groups excluding carboxylic acids is 1. The number of amides is 1. The highest BCUT2D eigenvalue weighted by molar-refractivity contribution is 14.1. The Kier molecular flexibility index (Phi) is 4.49. The van der Waals surface area contributed by atoms with E-state index in [-0.39, 0.29) is 5.91 Å². The first-order valence-corrected chi connectivity index (χ1v) is 7.10. The Morgan fingerprint density at radius 2 is 1.95 bits per heavy atom. The van der Waals surface area contributed by atoms with Gasteiger partial charge in [-0.2, -0.15) is 0 Å². The van der Waals surface area contributed by atoms with Gasteiger partial charge in [-0.15, -0.1) is 0 Å². The number of hydrogen-bond acceptors (Lipinski definition) is 3. The normalized spacial score (nSPS) is 10.2. The second-order valence-corrected chi connectivity index (χ2v) is 5.76. The van der Waals surface area contributed by atoms with E-state index < -0.39 is 0 Å². The van der Waals surface area contributed by atoms with Crippen molar-refractivity contribution in [1.29, 1.82) is 0 Å². The van der Waals surface area contributed by atoms with Crippen LogP contribution in [0.4, 0.5) is 5.69 Å². The van der Waals surface area contributed by atoms with Gasteiger partial charge in [0.25, 0.3) is 5.91 Å². The van der Waals surface area contributed by atoms with Crippen LogP contribution in [-0.4, -0.2) is 24.9 Å². The molecule has 0 fully saturated rings. The van der Waals surface area contributed by atoms with E-state index in [1.54, 1.807) is 32.3 Å². The molecule has 1 amide bonds. The topological polar surface area (TPSA) is 55.6 Å². The van der Waals surface area contributed by atoms with Gasteiger partial charge in [-0.25, -0.2) is 0 Å². The van der Waals surface area contributed by atoms with Crippen LogP contribution >= 0.6 is 22.6 Å². The summed E-state index contributed by atoms with van der Waals surface area (Å²) < 4.78 is 6.83. The lowest BCUT2D eigenvalue weighted by molar-refractivity contribution is 0.0827. The first-order valence-electron chi connectivity index (χ1n) is 6.02. The van der Waals surface area contributed by atoms with Gasteiger partial charge in [0.15, 0.2) is 5.75 Å². The van der Waals surface area contributed by atoms with Crippen LogP contribution < -0.4 is 10.5 Å². The smallest absolute Gasteiger partial charge is 0.253 e. The molecule has 2 aromatic carbocycles. The van der Waals surface area contributed by atoms with Crippen molar-refractivity contribution in [2.24, 2.45) is 0 Å². The number of benzene rings is 2.